The fraction of sp³-hybridized carbons (Fsp3) is 0.217. The molecule has 0 fully saturated rings. The SMILES string of the molecule is Cc1cc(C(c2ccc(O)c(O)c2)c2cc(C)c(O)c(C)c2O)cc(C)c1O. The van der Waals surface area contributed by atoms with Crippen LogP contribution in [0.25, 0.3) is 0 Å². The third-order valence-corrected chi connectivity index (χ3v) is 5.22. The van der Waals surface area contributed by atoms with Gasteiger partial charge in [0.25, 0.3) is 0 Å². The van der Waals surface area contributed by atoms with E-state index >= 15 is 0 Å². The van der Waals surface area contributed by atoms with Gasteiger partial charge in [-0.2, -0.15) is 0 Å². The van der Waals surface area contributed by atoms with E-state index in [1.807, 2.05) is 12.1 Å². The lowest BCUT2D eigenvalue weighted by molar-refractivity contribution is 0.403. The third-order valence-electron chi connectivity index (χ3n) is 5.22. The Morgan fingerprint density at radius 1 is 0.571 bits per heavy atom. The van der Waals surface area contributed by atoms with Crippen LogP contribution in [-0.4, -0.2) is 25.5 Å². The first-order valence-electron chi connectivity index (χ1n) is 8.95. The van der Waals surface area contributed by atoms with Gasteiger partial charge in [0, 0.05) is 17.0 Å². The van der Waals surface area contributed by atoms with Crippen LogP contribution in [0.2, 0.25) is 0 Å². The number of benzene rings is 3. The highest BCUT2D eigenvalue weighted by molar-refractivity contribution is 5.60. The average Bonchev–Trinajstić information content (AvgIpc) is 2.65. The minimum absolute atomic E-state index is 0.0339. The van der Waals surface area contributed by atoms with Crippen molar-refractivity contribution in [1.29, 1.82) is 0 Å². The van der Waals surface area contributed by atoms with Crippen LogP contribution in [0.1, 0.15) is 44.9 Å². The van der Waals surface area contributed by atoms with Gasteiger partial charge in [-0.15, -0.1) is 0 Å². The quantitative estimate of drug-likeness (QED) is 0.337. The van der Waals surface area contributed by atoms with Gasteiger partial charge in [0.05, 0.1) is 0 Å². The first-order chi connectivity index (χ1) is 13.1. The Morgan fingerprint density at radius 2 is 1.14 bits per heavy atom. The maximum Gasteiger partial charge on any atom is 0.157 e. The molecule has 3 aromatic rings. The van der Waals surface area contributed by atoms with Crippen LogP contribution in [0.3, 0.4) is 0 Å². The molecule has 1 atom stereocenters. The lowest BCUT2D eigenvalue weighted by Crippen LogP contribution is -2.06. The molecule has 5 nitrogen and oxygen atoms in total. The highest BCUT2D eigenvalue weighted by Gasteiger charge is 2.25. The Morgan fingerprint density at radius 3 is 1.71 bits per heavy atom. The van der Waals surface area contributed by atoms with E-state index in [2.05, 4.69) is 0 Å². The van der Waals surface area contributed by atoms with Gasteiger partial charge in [0.2, 0.25) is 0 Å². The zero-order valence-corrected chi connectivity index (χ0v) is 16.3. The number of rotatable bonds is 3. The summed E-state index contributed by atoms with van der Waals surface area (Å²) in [6.07, 6.45) is 0. The van der Waals surface area contributed by atoms with Crippen molar-refractivity contribution in [2.24, 2.45) is 0 Å². The highest BCUT2D eigenvalue weighted by Crippen LogP contribution is 2.44. The van der Waals surface area contributed by atoms with E-state index in [1.54, 1.807) is 39.8 Å². The van der Waals surface area contributed by atoms with Gasteiger partial charge < -0.3 is 25.5 Å². The van der Waals surface area contributed by atoms with Gasteiger partial charge in [0.15, 0.2) is 11.5 Å². The summed E-state index contributed by atoms with van der Waals surface area (Å²) < 4.78 is 0. The summed E-state index contributed by atoms with van der Waals surface area (Å²) >= 11 is 0. The van der Waals surface area contributed by atoms with Gasteiger partial charge in [-0.3, -0.25) is 0 Å². The number of hydrogen-bond donors (Lipinski definition) is 5. The lowest BCUT2D eigenvalue weighted by atomic mass is 9.81. The maximum absolute atomic E-state index is 10.8. The second-order valence-corrected chi connectivity index (χ2v) is 7.29. The van der Waals surface area contributed by atoms with Crippen molar-refractivity contribution < 1.29 is 25.5 Å². The summed E-state index contributed by atoms with van der Waals surface area (Å²) in [5.41, 5.74) is 4.38. The van der Waals surface area contributed by atoms with Crippen LogP contribution >= 0.6 is 0 Å². The van der Waals surface area contributed by atoms with Gasteiger partial charge in [-0.05, 0) is 73.7 Å². The zero-order valence-electron chi connectivity index (χ0n) is 16.3. The second kappa shape index (κ2) is 7.00. The summed E-state index contributed by atoms with van der Waals surface area (Å²) in [6.45, 7) is 6.98. The molecule has 3 aromatic carbocycles. The molecule has 0 aromatic heterocycles. The molecular formula is C23H24O5. The number of hydrogen-bond acceptors (Lipinski definition) is 5. The average molecular weight is 380 g/mol. The van der Waals surface area contributed by atoms with Crippen molar-refractivity contribution in [2.45, 2.75) is 33.6 Å². The summed E-state index contributed by atoms with van der Waals surface area (Å²) in [5.74, 6) is -0.777. The van der Waals surface area contributed by atoms with E-state index in [0.29, 0.717) is 33.4 Å². The third kappa shape index (κ3) is 3.20. The monoisotopic (exact) mass is 380 g/mol. The van der Waals surface area contributed by atoms with Crippen LogP contribution in [-0.2, 0) is 0 Å². The topological polar surface area (TPSA) is 101 Å². The Balaban J connectivity index is 2.35. The lowest BCUT2D eigenvalue weighted by Gasteiger charge is -2.23. The Kier molecular flexibility index (Phi) is 4.86. The van der Waals surface area contributed by atoms with Crippen LogP contribution in [0.4, 0.5) is 0 Å². The fourth-order valence-corrected chi connectivity index (χ4v) is 3.64. The van der Waals surface area contributed by atoms with Crippen LogP contribution in [0, 0.1) is 27.7 Å². The molecule has 0 saturated carbocycles. The van der Waals surface area contributed by atoms with Gasteiger partial charge in [-0.25, -0.2) is 0 Å². The molecule has 0 aliphatic carbocycles. The van der Waals surface area contributed by atoms with Crippen molar-refractivity contribution in [2.75, 3.05) is 0 Å². The fourth-order valence-electron chi connectivity index (χ4n) is 3.64. The van der Waals surface area contributed by atoms with Crippen molar-refractivity contribution in [3.05, 3.63) is 75.3 Å². The predicted octanol–water partition coefficient (Wildman–Crippen LogP) is 4.63. The number of aromatic hydroxyl groups is 5. The molecule has 5 N–H and O–H groups in total. The van der Waals surface area contributed by atoms with E-state index in [9.17, 15) is 25.5 Å². The maximum atomic E-state index is 10.8. The summed E-state index contributed by atoms with van der Waals surface area (Å²) in [5, 5.41) is 50.9. The molecule has 0 amide bonds. The molecule has 0 radical (unpaired) electrons. The molecule has 5 heteroatoms. The van der Waals surface area contributed by atoms with Crippen molar-refractivity contribution in [1.82, 2.24) is 0 Å². The molecule has 1 unspecified atom stereocenters. The number of aryl methyl sites for hydroxylation is 3. The molecule has 0 heterocycles. The van der Waals surface area contributed by atoms with Crippen LogP contribution < -0.4 is 0 Å². The van der Waals surface area contributed by atoms with E-state index in [4.69, 9.17) is 0 Å². The van der Waals surface area contributed by atoms with E-state index in [0.717, 1.165) is 5.56 Å². The second-order valence-electron chi connectivity index (χ2n) is 7.29. The smallest absolute Gasteiger partial charge is 0.157 e. The molecule has 0 spiro atoms. The molecular weight excluding hydrogens is 356 g/mol. The molecule has 0 aliphatic heterocycles. The summed E-state index contributed by atoms with van der Waals surface area (Å²) in [6, 6.07) is 9.89. The molecule has 0 saturated heterocycles. The number of phenols is 5. The first kappa shape index (κ1) is 19.4. The standard InChI is InChI=1S/C23H24O5/c1-11-7-16(8-12(2)21(11)26)20(15-5-6-18(24)19(25)10-15)17-9-13(3)22(27)14(4)23(17)28/h5-10,20,24-28H,1-4H3. The molecule has 0 aliphatic rings. The normalized spacial score (nSPS) is 12.1. The van der Waals surface area contributed by atoms with Gasteiger partial charge in [0.1, 0.15) is 17.2 Å². The summed E-state index contributed by atoms with van der Waals surface area (Å²) in [7, 11) is 0. The molecule has 146 valence electrons. The van der Waals surface area contributed by atoms with Gasteiger partial charge in [-0.1, -0.05) is 18.2 Å². The van der Waals surface area contributed by atoms with Gasteiger partial charge >= 0.3 is 0 Å². The molecule has 3 rings (SSSR count). The van der Waals surface area contributed by atoms with Crippen molar-refractivity contribution in [3.8, 4) is 28.7 Å². The predicted molar refractivity (Wildman–Crippen MR) is 108 cm³/mol. The van der Waals surface area contributed by atoms with E-state index < -0.39 is 5.92 Å². The Hall–Kier alpha value is -3.34. The van der Waals surface area contributed by atoms with Crippen molar-refractivity contribution in [3.63, 3.8) is 0 Å². The Labute approximate surface area is 163 Å². The minimum Gasteiger partial charge on any atom is -0.507 e. The largest absolute Gasteiger partial charge is 0.507 e. The first-order valence-corrected chi connectivity index (χ1v) is 8.95. The van der Waals surface area contributed by atoms with E-state index in [-0.39, 0.29) is 28.7 Å². The van der Waals surface area contributed by atoms with Crippen LogP contribution in [0.15, 0.2) is 36.4 Å². The van der Waals surface area contributed by atoms with E-state index in [1.165, 1.54) is 12.1 Å². The summed E-state index contributed by atoms with van der Waals surface area (Å²) in [4.78, 5) is 0. The molecule has 28 heavy (non-hydrogen) atoms. The molecule has 0 bridgehead atoms. The number of phenolic OH excluding ortho intramolecular Hbond substituents is 5. The highest BCUT2D eigenvalue weighted by atomic mass is 16.3. The Bertz CT molecular complexity index is 1050. The van der Waals surface area contributed by atoms with Crippen LogP contribution in [0.5, 0.6) is 28.7 Å². The minimum atomic E-state index is -0.484. The van der Waals surface area contributed by atoms with Crippen molar-refractivity contribution >= 4 is 0 Å². The zero-order chi connectivity index (χ0) is 20.7.